The summed E-state index contributed by atoms with van der Waals surface area (Å²) in [5, 5.41) is 5.23. The first-order valence-corrected chi connectivity index (χ1v) is 9.26. The first kappa shape index (κ1) is 18.0. The molecule has 0 bridgehead atoms. The van der Waals surface area contributed by atoms with Gasteiger partial charge in [0.2, 0.25) is 0 Å². The summed E-state index contributed by atoms with van der Waals surface area (Å²) >= 11 is 0. The summed E-state index contributed by atoms with van der Waals surface area (Å²) in [7, 11) is 1.95. The van der Waals surface area contributed by atoms with Crippen LogP contribution in [0.25, 0.3) is 22.2 Å². The van der Waals surface area contributed by atoms with Gasteiger partial charge in [-0.3, -0.25) is 19.4 Å². The molecule has 4 rings (SSSR count). The second-order valence-corrected chi connectivity index (χ2v) is 7.43. The average molecular weight is 374 g/mol. The second-order valence-electron chi connectivity index (χ2n) is 7.43. The lowest BCUT2D eigenvalue weighted by Crippen LogP contribution is -2.06. The van der Waals surface area contributed by atoms with Crippen molar-refractivity contribution in [1.82, 2.24) is 29.3 Å². The fraction of sp³-hybridized carbons (Fsp3) is 0.286. The molecule has 0 aliphatic rings. The van der Waals surface area contributed by atoms with Crippen LogP contribution in [0.2, 0.25) is 0 Å². The van der Waals surface area contributed by atoms with E-state index < -0.39 is 0 Å². The van der Waals surface area contributed by atoms with Gasteiger partial charge in [0, 0.05) is 42.6 Å². The molecule has 0 radical (unpaired) electrons. The molecule has 0 unspecified atom stereocenters. The smallest absolute Gasteiger partial charge is 0.171 e. The Hall–Kier alpha value is -3.35. The lowest BCUT2D eigenvalue weighted by molar-refractivity contribution is 0.0992. The van der Waals surface area contributed by atoms with Crippen molar-refractivity contribution >= 4 is 16.7 Å². The van der Waals surface area contributed by atoms with E-state index in [-0.39, 0.29) is 12.2 Å². The average Bonchev–Trinajstić information content (AvgIpc) is 3.29. The molecule has 0 aliphatic heterocycles. The van der Waals surface area contributed by atoms with E-state index in [2.05, 4.69) is 40.0 Å². The normalized spacial score (nSPS) is 11.4. The predicted octanol–water partition coefficient (Wildman–Crippen LogP) is 3.31. The lowest BCUT2D eigenvalue weighted by Gasteiger charge is -2.06. The largest absolute Gasteiger partial charge is 0.334 e. The lowest BCUT2D eigenvalue weighted by atomic mass is 10.1. The summed E-state index contributed by atoms with van der Waals surface area (Å²) in [5.74, 6) is 0.490. The monoisotopic (exact) mass is 374 g/mol. The highest BCUT2D eigenvalue weighted by molar-refractivity contribution is 5.97. The third-order valence-corrected chi connectivity index (χ3v) is 4.59. The van der Waals surface area contributed by atoms with Gasteiger partial charge in [0.15, 0.2) is 5.78 Å². The van der Waals surface area contributed by atoms with Gasteiger partial charge in [0.25, 0.3) is 0 Å². The highest BCUT2D eigenvalue weighted by Crippen LogP contribution is 2.22. The van der Waals surface area contributed by atoms with E-state index in [0.29, 0.717) is 11.5 Å². The minimum atomic E-state index is 0.0117. The first-order chi connectivity index (χ1) is 13.5. The van der Waals surface area contributed by atoms with Crippen molar-refractivity contribution in [3.8, 4) is 11.3 Å². The topological polar surface area (TPSA) is 78.5 Å². The maximum atomic E-state index is 12.6. The Morgan fingerprint density at radius 3 is 2.71 bits per heavy atom. The van der Waals surface area contributed by atoms with E-state index in [0.717, 1.165) is 34.4 Å². The Morgan fingerprint density at radius 2 is 1.96 bits per heavy atom. The highest BCUT2D eigenvalue weighted by atomic mass is 16.1. The minimum absolute atomic E-state index is 0.0117. The molecule has 0 spiro atoms. The maximum Gasteiger partial charge on any atom is 0.171 e. The summed E-state index contributed by atoms with van der Waals surface area (Å²) in [6.07, 6.45) is 10.8. The summed E-state index contributed by atoms with van der Waals surface area (Å²) < 4.78 is 3.76. The van der Waals surface area contributed by atoms with E-state index >= 15 is 0 Å². The molecule has 4 aromatic rings. The van der Waals surface area contributed by atoms with Gasteiger partial charge < -0.3 is 4.57 Å². The third kappa shape index (κ3) is 3.69. The number of hydrogen-bond acceptors (Lipinski definition) is 5. The van der Waals surface area contributed by atoms with Gasteiger partial charge >= 0.3 is 0 Å². The summed E-state index contributed by atoms with van der Waals surface area (Å²) in [6, 6.07) is 3.98. The molecule has 0 N–H and O–H groups in total. The predicted molar refractivity (Wildman–Crippen MR) is 107 cm³/mol. The third-order valence-electron chi connectivity index (χ3n) is 4.59. The van der Waals surface area contributed by atoms with Crippen LogP contribution in [-0.4, -0.2) is 35.1 Å². The number of hydrogen-bond donors (Lipinski definition) is 0. The van der Waals surface area contributed by atoms with Crippen LogP contribution in [0.1, 0.15) is 29.9 Å². The van der Waals surface area contributed by atoms with Gasteiger partial charge in [0.1, 0.15) is 0 Å². The van der Waals surface area contributed by atoms with Crippen molar-refractivity contribution in [3.05, 3.63) is 60.7 Å². The molecular weight excluding hydrogens is 352 g/mol. The number of carbonyl (C=O) groups is 1. The molecule has 7 nitrogen and oxygen atoms in total. The van der Waals surface area contributed by atoms with Crippen molar-refractivity contribution in [2.45, 2.75) is 26.8 Å². The SMILES string of the molecule is CC(C)Cn1cc(C(=O)Cc2cc3cc(-c4cncn4C)cnc3cn2)cn1. The molecule has 0 atom stereocenters. The van der Waals surface area contributed by atoms with Crippen LogP contribution in [-0.2, 0) is 20.0 Å². The van der Waals surface area contributed by atoms with E-state index in [9.17, 15) is 4.79 Å². The Balaban J connectivity index is 1.57. The van der Waals surface area contributed by atoms with Crippen molar-refractivity contribution in [3.63, 3.8) is 0 Å². The molecule has 0 aromatic carbocycles. The summed E-state index contributed by atoms with van der Waals surface area (Å²) in [5.41, 5.74) is 4.10. The molecule has 7 heteroatoms. The summed E-state index contributed by atoms with van der Waals surface area (Å²) in [4.78, 5) is 25.7. The fourth-order valence-electron chi connectivity index (χ4n) is 3.20. The molecule has 0 fully saturated rings. The van der Waals surface area contributed by atoms with Crippen LogP contribution in [0.4, 0.5) is 0 Å². The van der Waals surface area contributed by atoms with Gasteiger partial charge in [-0.25, -0.2) is 4.98 Å². The number of aromatic nitrogens is 6. The van der Waals surface area contributed by atoms with E-state index in [1.165, 1.54) is 0 Å². The number of carbonyl (C=O) groups excluding carboxylic acids is 1. The molecule has 28 heavy (non-hydrogen) atoms. The standard InChI is InChI=1S/C21H22N6O/c1-14(2)11-27-12-17(8-25-27)21(28)6-18-5-15-4-16(7-24-19(15)9-23-18)20-10-22-13-26(20)3/h4-5,7-10,12-14H,6,11H2,1-3H3. The molecule has 142 valence electrons. The first-order valence-electron chi connectivity index (χ1n) is 9.26. The zero-order valence-electron chi connectivity index (χ0n) is 16.2. The number of imidazole rings is 1. The van der Waals surface area contributed by atoms with Crippen LogP contribution < -0.4 is 0 Å². The molecule has 0 aliphatic carbocycles. The molecular formula is C21H22N6O. The van der Waals surface area contributed by atoms with Gasteiger partial charge in [-0.05, 0) is 18.1 Å². The van der Waals surface area contributed by atoms with Crippen molar-refractivity contribution in [1.29, 1.82) is 0 Å². The van der Waals surface area contributed by atoms with Gasteiger partial charge in [-0.1, -0.05) is 13.8 Å². The number of aryl methyl sites for hydroxylation is 1. The number of ketones is 1. The van der Waals surface area contributed by atoms with Crippen LogP contribution in [0.3, 0.4) is 0 Å². The van der Waals surface area contributed by atoms with Crippen molar-refractivity contribution in [2.75, 3.05) is 0 Å². The number of rotatable bonds is 6. The maximum absolute atomic E-state index is 12.6. The zero-order valence-corrected chi connectivity index (χ0v) is 16.2. The van der Waals surface area contributed by atoms with Crippen LogP contribution in [0.5, 0.6) is 0 Å². The summed E-state index contributed by atoms with van der Waals surface area (Å²) in [6.45, 7) is 5.04. The molecule has 4 heterocycles. The van der Waals surface area contributed by atoms with Crippen molar-refractivity contribution in [2.24, 2.45) is 13.0 Å². The number of Topliss-reactive ketones (excluding diaryl/α,β-unsaturated/α-hetero) is 1. The van der Waals surface area contributed by atoms with E-state index in [1.807, 2.05) is 41.0 Å². The number of pyridine rings is 2. The fourth-order valence-corrected chi connectivity index (χ4v) is 3.20. The van der Waals surface area contributed by atoms with Crippen molar-refractivity contribution < 1.29 is 4.79 Å². The van der Waals surface area contributed by atoms with Gasteiger partial charge in [-0.15, -0.1) is 0 Å². The quantitative estimate of drug-likeness (QED) is 0.484. The zero-order chi connectivity index (χ0) is 19.7. The Labute approximate surface area is 163 Å². The molecule has 4 aromatic heterocycles. The minimum Gasteiger partial charge on any atom is -0.334 e. The Kier molecular flexibility index (Phi) is 4.73. The van der Waals surface area contributed by atoms with Gasteiger partial charge in [0.05, 0.1) is 48.1 Å². The number of fused-ring (bicyclic) bond motifs is 1. The highest BCUT2D eigenvalue weighted by Gasteiger charge is 2.12. The Morgan fingerprint density at radius 1 is 1.11 bits per heavy atom. The van der Waals surface area contributed by atoms with Gasteiger partial charge in [-0.2, -0.15) is 5.10 Å². The molecule has 0 saturated carbocycles. The number of nitrogens with zero attached hydrogens (tertiary/aromatic N) is 6. The molecule has 0 amide bonds. The van der Waals surface area contributed by atoms with Crippen LogP contribution >= 0.6 is 0 Å². The Bertz CT molecular complexity index is 1140. The van der Waals surface area contributed by atoms with E-state index in [1.54, 1.807) is 18.7 Å². The second kappa shape index (κ2) is 7.34. The van der Waals surface area contributed by atoms with Crippen LogP contribution in [0, 0.1) is 5.92 Å². The van der Waals surface area contributed by atoms with E-state index in [4.69, 9.17) is 0 Å². The van der Waals surface area contributed by atoms with Crippen LogP contribution in [0.15, 0.2) is 49.4 Å². The molecule has 0 saturated heterocycles.